The van der Waals surface area contributed by atoms with Gasteiger partial charge in [0, 0.05) is 18.8 Å². The first-order valence-electron chi connectivity index (χ1n) is 13.0. The highest BCUT2D eigenvalue weighted by Crippen LogP contribution is 2.46. The predicted molar refractivity (Wildman–Crippen MR) is 145 cm³/mol. The molecule has 0 radical (unpaired) electrons. The summed E-state index contributed by atoms with van der Waals surface area (Å²) in [7, 11) is 1.63. The van der Waals surface area contributed by atoms with Crippen LogP contribution in [-0.2, 0) is 16.0 Å². The van der Waals surface area contributed by atoms with Gasteiger partial charge in [-0.25, -0.2) is 4.98 Å². The minimum atomic E-state index is -1.30. The predicted octanol–water partition coefficient (Wildman–Crippen LogP) is 3.51. The van der Waals surface area contributed by atoms with E-state index in [1.165, 1.54) is 28.8 Å². The van der Waals surface area contributed by atoms with Gasteiger partial charge in [0.2, 0.25) is 12.2 Å². The summed E-state index contributed by atoms with van der Waals surface area (Å²) in [5.41, 5.74) is 2.06. The Balaban J connectivity index is 1.42. The molecule has 210 valence electrons. The minimum Gasteiger partial charge on any atom is -0.496 e. The summed E-state index contributed by atoms with van der Waals surface area (Å²) in [5, 5.41) is 20.2. The summed E-state index contributed by atoms with van der Waals surface area (Å²) in [6.45, 7) is 3.41. The lowest BCUT2D eigenvalue weighted by Crippen LogP contribution is -2.56. The fraction of sp³-hybridized carbons (Fsp3) is 0.407. The van der Waals surface area contributed by atoms with E-state index < -0.39 is 12.5 Å². The third-order valence-electron chi connectivity index (χ3n) is 7.21. The van der Waals surface area contributed by atoms with Crippen LogP contribution in [0, 0.1) is 6.92 Å². The average molecular weight is 567 g/mol. The van der Waals surface area contributed by atoms with Gasteiger partial charge in [0.05, 0.1) is 42.9 Å². The number of carbonyl (C=O) groups is 1. The summed E-state index contributed by atoms with van der Waals surface area (Å²) in [6.07, 6.45) is 4.24. The number of nitrogens with one attached hydrogen (secondary N) is 1. The van der Waals surface area contributed by atoms with Crippen molar-refractivity contribution in [1.29, 1.82) is 0 Å². The third-order valence-corrected chi connectivity index (χ3v) is 8.53. The zero-order valence-corrected chi connectivity index (χ0v) is 23.0. The summed E-state index contributed by atoms with van der Waals surface area (Å²) in [4.78, 5) is 25.0. The number of amides is 1. The maximum atomic E-state index is 13.8. The first-order chi connectivity index (χ1) is 19.5. The van der Waals surface area contributed by atoms with E-state index in [0.717, 1.165) is 28.8 Å². The average Bonchev–Trinajstić information content (AvgIpc) is 3.75. The van der Waals surface area contributed by atoms with Crippen LogP contribution >= 0.6 is 11.3 Å². The van der Waals surface area contributed by atoms with Crippen molar-refractivity contribution in [3.05, 3.63) is 65.6 Å². The first-order valence-corrected chi connectivity index (χ1v) is 13.9. The number of hydrogen-bond donors (Lipinski definition) is 2. The van der Waals surface area contributed by atoms with Gasteiger partial charge in [-0.15, -0.1) is 21.5 Å². The van der Waals surface area contributed by atoms with Gasteiger partial charge in [0.25, 0.3) is 5.91 Å². The van der Waals surface area contributed by atoms with Crippen LogP contribution in [0.4, 0.5) is 5.00 Å². The van der Waals surface area contributed by atoms with Crippen LogP contribution in [0.2, 0.25) is 0 Å². The molecule has 6 rings (SSSR count). The van der Waals surface area contributed by atoms with Gasteiger partial charge in [-0.05, 0) is 31.4 Å². The van der Waals surface area contributed by atoms with Crippen molar-refractivity contribution in [2.45, 2.75) is 44.9 Å². The standard InChI is InChI=1S/C27H30N6O6S/c1-16-22-25(34)32(14-21-29-15-30-31-21)27(35)33(26(22)40-23(16)24-28-9-12-38-24)13-20(39-17-7-10-37-11-8-17)18-5-3-4-6-19(18)36-2/h3-6,9,12,15,17,20,27,35H,7-8,10-11,13-14H2,1-2H3,(H,29,30,31)/t20-,27?/m0/s1. The van der Waals surface area contributed by atoms with Gasteiger partial charge in [-0.3, -0.25) is 9.69 Å². The summed E-state index contributed by atoms with van der Waals surface area (Å²) in [6, 6.07) is 7.70. The maximum Gasteiger partial charge on any atom is 0.261 e. The number of aliphatic hydroxyl groups is 1. The molecule has 12 nitrogen and oxygen atoms in total. The quantitative estimate of drug-likeness (QED) is 0.309. The largest absolute Gasteiger partial charge is 0.496 e. The number of aliphatic hydroxyl groups excluding tert-OH is 1. The molecule has 1 fully saturated rings. The number of benzene rings is 1. The number of para-hydroxylation sites is 1. The monoisotopic (exact) mass is 566 g/mol. The van der Waals surface area contributed by atoms with Crippen LogP contribution in [0.15, 0.2) is 47.5 Å². The molecule has 1 saturated heterocycles. The Kier molecular flexibility index (Phi) is 7.52. The molecule has 2 aliphatic rings. The highest BCUT2D eigenvalue weighted by molar-refractivity contribution is 7.20. The molecule has 13 heteroatoms. The second kappa shape index (κ2) is 11.4. The van der Waals surface area contributed by atoms with Crippen molar-refractivity contribution in [1.82, 2.24) is 25.1 Å². The molecule has 3 aromatic heterocycles. The molecule has 2 atom stereocenters. The van der Waals surface area contributed by atoms with E-state index in [-0.39, 0.29) is 25.1 Å². The highest BCUT2D eigenvalue weighted by atomic mass is 32.1. The molecule has 2 N–H and O–H groups in total. The molecule has 2 aliphatic heterocycles. The smallest absolute Gasteiger partial charge is 0.261 e. The second-order valence-electron chi connectivity index (χ2n) is 9.62. The van der Waals surface area contributed by atoms with Gasteiger partial charge in [0.1, 0.15) is 35.3 Å². The first kappa shape index (κ1) is 26.4. The number of hydrogen-bond acceptors (Lipinski definition) is 11. The van der Waals surface area contributed by atoms with Crippen LogP contribution in [0.5, 0.6) is 5.75 Å². The number of nitrogens with zero attached hydrogens (tertiary/aromatic N) is 5. The van der Waals surface area contributed by atoms with Crippen LogP contribution in [0.1, 0.15) is 46.3 Å². The number of methoxy groups -OCH3 is 1. The van der Waals surface area contributed by atoms with E-state index in [1.54, 1.807) is 18.2 Å². The number of carbonyl (C=O) groups excluding carboxylic acids is 1. The van der Waals surface area contributed by atoms with Crippen molar-refractivity contribution in [3.63, 3.8) is 0 Å². The Hall–Kier alpha value is -3.78. The third kappa shape index (κ3) is 4.96. The van der Waals surface area contributed by atoms with E-state index in [9.17, 15) is 9.90 Å². The fourth-order valence-corrected chi connectivity index (χ4v) is 6.45. The van der Waals surface area contributed by atoms with E-state index in [2.05, 4.69) is 20.2 Å². The number of ether oxygens (including phenoxy) is 3. The topological polar surface area (TPSA) is 139 Å². The number of oxazole rings is 1. The summed E-state index contributed by atoms with van der Waals surface area (Å²) >= 11 is 1.36. The number of anilines is 1. The number of H-pyrrole nitrogens is 1. The van der Waals surface area contributed by atoms with E-state index in [4.69, 9.17) is 18.6 Å². The lowest BCUT2D eigenvalue weighted by molar-refractivity contribution is -0.0737. The lowest BCUT2D eigenvalue weighted by atomic mass is 10.0. The molecule has 1 aromatic carbocycles. The highest BCUT2D eigenvalue weighted by Gasteiger charge is 2.42. The molecular formula is C27H30N6O6S. The van der Waals surface area contributed by atoms with E-state index in [0.29, 0.717) is 41.2 Å². The van der Waals surface area contributed by atoms with Gasteiger partial charge in [-0.2, -0.15) is 0 Å². The number of aromatic nitrogens is 4. The Morgan fingerprint density at radius 1 is 1.25 bits per heavy atom. The summed E-state index contributed by atoms with van der Waals surface area (Å²) < 4.78 is 23.5. The number of aromatic amines is 1. The molecule has 0 saturated carbocycles. The van der Waals surface area contributed by atoms with Crippen LogP contribution in [0.25, 0.3) is 10.8 Å². The van der Waals surface area contributed by atoms with E-state index >= 15 is 0 Å². The number of thiophene rings is 1. The Morgan fingerprint density at radius 3 is 2.80 bits per heavy atom. The summed E-state index contributed by atoms with van der Waals surface area (Å²) in [5.74, 6) is 1.24. The molecular weight excluding hydrogens is 536 g/mol. The molecule has 4 aromatic rings. The minimum absolute atomic E-state index is 0.0232. The van der Waals surface area contributed by atoms with Crippen molar-refractivity contribution >= 4 is 22.2 Å². The molecule has 1 amide bonds. The fourth-order valence-electron chi connectivity index (χ4n) is 5.18. The Labute approximate surface area is 234 Å². The normalized spacial score (nSPS) is 18.7. The second-order valence-corrected chi connectivity index (χ2v) is 10.6. The number of fused-ring (bicyclic) bond motifs is 1. The molecule has 0 aliphatic carbocycles. The maximum absolute atomic E-state index is 13.8. The van der Waals surface area contributed by atoms with Crippen molar-refractivity contribution in [3.8, 4) is 16.5 Å². The molecule has 1 unspecified atom stereocenters. The molecule has 0 bridgehead atoms. The zero-order valence-electron chi connectivity index (χ0n) is 22.1. The van der Waals surface area contributed by atoms with Gasteiger partial charge >= 0.3 is 0 Å². The lowest BCUT2D eigenvalue weighted by Gasteiger charge is -2.42. The Bertz CT molecular complexity index is 1440. The molecule has 5 heterocycles. The molecule has 40 heavy (non-hydrogen) atoms. The van der Waals surface area contributed by atoms with Crippen LogP contribution in [-0.4, -0.2) is 75.4 Å². The van der Waals surface area contributed by atoms with Gasteiger partial charge in [-0.1, -0.05) is 18.2 Å². The van der Waals surface area contributed by atoms with Gasteiger partial charge < -0.3 is 33.6 Å². The van der Waals surface area contributed by atoms with Crippen molar-refractivity contribution in [2.24, 2.45) is 0 Å². The van der Waals surface area contributed by atoms with Gasteiger partial charge in [0.15, 0.2) is 0 Å². The van der Waals surface area contributed by atoms with Crippen molar-refractivity contribution < 1.29 is 28.5 Å². The Morgan fingerprint density at radius 2 is 2.08 bits per heavy atom. The SMILES string of the molecule is COc1ccccc1[C@H](CN1c2sc(-c3ncco3)c(C)c2C(=O)N(Cc2nnc[nH]2)C1O)OC1CCOCC1. The van der Waals surface area contributed by atoms with E-state index in [1.807, 2.05) is 31.2 Å². The zero-order chi connectivity index (χ0) is 27.6. The van der Waals surface area contributed by atoms with Crippen LogP contribution < -0.4 is 9.64 Å². The molecule has 0 spiro atoms. The number of rotatable bonds is 9. The van der Waals surface area contributed by atoms with Crippen molar-refractivity contribution in [2.75, 3.05) is 31.8 Å². The van der Waals surface area contributed by atoms with Crippen LogP contribution in [0.3, 0.4) is 0 Å².